The number of fused-ring (bicyclic) bond motifs is 4. The van der Waals surface area contributed by atoms with Gasteiger partial charge in [0.2, 0.25) is 11.8 Å². The molecule has 354 valence electrons. The molecule has 2 saturated heterocycles. The van der Waals surface area contributed by atoms with Crippen LogP contribution in [0.15, 0.2) is 90.4 Å². The van der Waals surface area contributed by atoms with Gasteiger partial charge in [0.15, 0.2) is 5.82 Å². The number of ether oxygens (including phenoxy) is 1. The van der Waals surface area contributed by atoms with E-state index in [-0.39, 0.29) is 34.6 Å². The molecule has 3 aliphatic heterocycles. The zero-order valence-electron chi connectivity index (χ0n) is 38.8. The second-order valence-electron chi connectivity index (χ2n) is 19.1. The van der Waals surface area contributed by atoms with Gasteiger partial charge in [-0.25, -0.2) is 28.2 Å². The summed E-state index contributed by atoms with van der Waals surface area (Å²) in [5.41, 5.74) is 4.46. The number of nitrogens with zero attached hydrogens (tertiary/aromatic N) is 14. The third-order valence-corrected chi connectivity index (χ3v) is 15.5. The number of aryl methyl sites for hydroxylation is 3. The van der Waals surface area contributed by atoms with E-state index in [2.05, 4.69) is 63.4 Å². The van der Waals surface area contributed by atoms with Crippen molar-refractivity contribution in [2.24, 2.45) is 18.9 Å². The minimum Gasteiger partial charge on any atom is -0.381 e. The van der Waals surface area contributed by atoms with Crippen molar-refractivity contribution < 1.29 is 18.3 Å². The van der Waals surface area contributed by atoms with Gasteiger partial charge in [0.1, 0.15) is 22.9 Å². The molecule has 1 aliphatic carbocycles. The van der Waals surface area contributed by atoms with Crippen molar-refractivity contribution in [1.29, 1.82) is 0 Å². The number of aromatic amines is 1. The standard InChI is InChI=1S/C50H47F2N15O3/c1-27-20-33(21-28(2)43(27)51)67-45(65-17-16-64(49(65)69)40-9-8-39-34(44(40)52)24-55-61(39)4)42-29(3)63(15-10-37(42)58-67)46(68)41-23-32-22-31(30-11-18-70-19-12-30)6-7-38(32)66(41)50(47-56-59-60-57-47)35-25-62(26-36(35)50)48-53-13-5-14-54-48/h5-9,13-14,16-17,20-24,29-30,35-36H,10-12,15,18-19,25-26H2,1-4H3,(H,56,57,59,60)/t29-,35-,36+,50?/m0/s1. The number of benzene rings is 3. The van der Waals surface area contributed by atoms with Crippen molar-refractivity contribution >= 4 is 33.7 Å². The number of rotatable bonds is 8. The number of anilines is 1. The van der Waals surface area contributed by atoms with E-state index in [4.69, 9.17) is 9.84 Å². The van der Waals surface area contributed by atoms with Gasteiger partial charge in [-0.05, 0) is 105 Å². The van der Waals surface area contributed by atoms with Crippen LogP contribution in [0.5, 0.6) is 0 Å². The number of imidazole rings is 1. The largest absolute Gasteiger partial charge is 0.381 e. The Bertz CT molecular complexity index is 3590. The molecule has 3 aromatic carbocycles. The number of carbonyl (C=O) groups is 1. The maximum absolute atomic E-state index is 16.2. The van der Waals surface area contributed by atoms with Crippen molar-refractivity contribution in [2.45, 2.75) is 57.5 Å². The molecule has 4 atom stereocenters. The van der Waals surface area contributed by atoms with Crippen LogP contribution in [0, 0.1) is 37.3 Å². The predicted octanol–water partition coefficient (Wildman–Crippen LogP) is 6.02. The van der Waals surface area contributed by atoms with Gasteiger partial charge in [0.05, 0.1) is 40.2 Å². The van der Waals surface area contributed by atoms with Crippen molar-refractivity contribution in [3.8, 4) is 17.2 Å². The van der Waals surface area contributed by atoms with Crippen LogP contribution in [-0.2, 0) is 23.7 Å². The van der Waals surface area contributed by atoms with Gasteiger partial charge >= 0.3 is 5.69 Å². The number of nitrogens with one attached hydrogen (secondary N) is 1. The van der Waals surface area contributed by atoms with Crippen LogP contribution in [0.3, 0.4) is 0 Å². The number of halogens is 2. The Hall–Kier alpha value is -7.87. The number of piperidine rings is 1. The smallest absolute Gasteiger partial charge is 0.338 e. The third kappa shape index (κ3) is 6.07. The summed E-state index contributed by atoms with van der Waals surface area (Å²) in [4.78, 5) is 43.8. The Morgan fingerprint density at radius 2 is 1.66 bits per heavy atom. The molecule has 3 fully saturated rings. The first-order valence-corrected chi connectivity index (χ1v) is 23.6. The summed E-state index contributed by atoms with van der Waals surface area (Å²) in [5.74, 6) is 0.653. The van der Waals surface area contributed by atoms with Crippen molar-refractivity contribution in [1.82, 2.24) is 68.8 Å². The van der Waals surface area contributed by atoms with Gasteiger partial charge in [-0.2, -0.15) is 15.4 Å². The minimum atomic E-state index is -0.825. The molecule has 18 nitrogen and oxygen atoms in total. The normalized spacial score (nSPS) is 21.3. The lowest BCUT2D eigenvalue weighted by molar-refractivity contribution is 0.0663. The van der Waals surface area contributed by atoms with Crippen molar-refractivity contribution in [2.75, 3.05) is 37.7 Å². The highest BCUT2D eigenvalue weighted by Gasteiger charge is 2.74. The number of carbonyl (C=O) groups excluding carboxylic acids is 1. The maximum atomic E-state index is 16.2. The number of aromatic nitrogens is 13. The van der Waals surface area contributed by atoms with Gasteiger partial charge in [0.25, 0.3) is 5.91 Å². The summed E-state index contributed by atoms with van der Waals surface area (Å²) in [6.07, 6.45) is 10.2. The summed E-state index contributed by atoms with van der Waals surface area (Å²) in [7, 11) is 1.73. The third-order valence-electron chi connectivity index (χ3n) is 15.5. The summed E-state index contributed by atoms with van der Waals surface area (Å²) < 4.78 is 45.2. The molecule has 20 heteroatoms. The molecule has 4 aliphatic rings. The fourth-order valence-electron chi connectivity index (χ4n) is 12.0. The summed E-state index contributed by atoms with van der Waals surface area (Å²) in [6, 6.07) is 16.4. The van der Waals surface area contributed by atoms with Crippen LogP contribution in [0.1, 0.15) is 76.0 Å². The monoisotopic (exact) mass is 943 g/mol. The van der Waals surface area contributed by atoms with Gasteiger partial charge in [-0.1, -0.05) is 11.3 Å². The second-order valence-corrected chi connectivity index (χ2v) is 19.1. The Morgan fingerprint density at radius 1 is 0.914 bits per heavy atom. The molecular weight excluding hydrogens is 897 g/mol. The van der Waals surface area contributed by atoms with E-state index in [0.717, 1.165) is 23.7 Å². The van der Waals surface area contributed by atoms with E-state index in [9.17, 15) is 4.79 Å². The zero-order chi connectivity index (χ0) is 47.7. The lowest BCUT2D eigenvalue weighted by Gasteiger charge is -2.35. The van der Waals surface area contributed by atoms with Crippen LogP contribution in [0.25, 0.3) is 39.0 Å². The van der Waals surface area contributed by atoms with Gasteiger partial charge in [-0.3, -0.25) is 18.6 Å². The molecule has 0 bridgehead atoms. The summed E-state index contributed by atoms with van der Waals surface area (Å²) in [6.45, 7) is 8.24. The number of hydrogen-bond donors (Lipinski definition) is 1. The molecule has 9 aromatic rings. The summed E-state index contributed by atoms with van der Waals surface area (Å²) in [5, 5.41) is 26.6. The van der Waals surface area contributed by atoms with Crippen LogP contribution in [0.4, 0.5) is 14.7 Å². The highest BCUT2D eigenvalue weighted by atomic mass is 19.1. The lowest BCUT2D eigenvalue weighted by Crippen LogP contribution is -2.42. The average Bonchev–Trinajstić information content (AvgIpc) is 4.18. The van der Waals surface area contributed by atoms with E-state index in [1.54, 1.807) is 79.2 Å². The fraction of sp³-hybridized carbons (Fsp3) is 0.340. The Morgan fingerprint density at radius 3 is 2.40 bits per heavy atom. The van der Waals surface area contributed by atoms with Gasteiger partial charge in [-0.15, -0.1) is 10.2 Å². The minimum absolute atomic E-state index is 0.0105. The molecule has 0 radical (unpaired) electrons. The van der Waals surface area contributed by atoms with E-state index < -0.39 is 23.1 Å². The second kappa shape index (κ2) is 15.6. The number of H-pyrrole nitrogens is 1. The molecule has 1 amide bonds. The number of hydrogen-bond acceptors (Lipinski definition) is 11. The van der Waals surface area contributed by atoms with Crippen LogP contribution in [-0.4, -0.2) is 108 Å². The molecule has 9 heterocycles. The first-order chi connectivity index (χ1) is 34.0. The van der Waals surface area contributed by atoms with E-state index >= 15 is 13.6 Å². The molecular formula is C50H47F2N15O3. The first kappa shape index (κ1) is 42.2. The lowest BCUT2D eigenvalue weighted by atomic mass is 9.91. The highest BCUT2D eigenvalue weighted by molar-refractivity contribution is 6.00. The molecule has 1 saturated carbocycles. The quantitative estimate of drug-likeness (QED) is 0.188. The molecule has 70 heavy (non-hydrogen) atoms. The SMILES string of the molecule is Cc1cc(-n2nc3c(c2-n2ccn(-c4ccc5c(cnn5C)c4F)c2=O)[C@H](C)N(C(=O)c2cc4cc(C5CCOCC5)ccc4n2C2(c4nn[nH]n4)[C@@H]4CN(c5ncccn5)C[C@@H]42)CC3)cc(C)c1F. The van der Waals surface area contributed by atoms with E-state index in [1.165, 1.54) is 27.1 Å². The molecule has 6 aromatic heterocycles. The number of amides is 1. The Labute approximate surface area is 398 Å². The maximum Gasteiger partial charge on any atom is 0.338 e. The molecule has 1 unspecified atom stereocenters. The first-order valence-electron chi connectivity index (χ1n) is 23.6. The predicted molar refractivity (Wildman–Crippen MR) is 253 cm³/mol. The Balaban J connectivity index is 0.955. The topological polar surface area (TPSA) is 181 Å². The van der Waals surface area contributed by atoms with Gasteiger partial charge < -0.3 is 19.1 Å². The van der Waals surface area contributed by atoms with Crippen LogP contribution in [0.2, 0.25) is 0 Å². The Kier molecular flexibility index (Phi) is 9.40. The zero-order valence-corrected chi connectivity index (χ0v) is 38.8. The summed E-state index contributed by atoms with van der Waals surface area (Å²) >= 11 is 0. The average molecular weight is 944 g/mol. The van der Waals surface area contributed by atoms with E-state index in [0.29, 0.717) is 102 Å². The molecule has 0 spiro atoms. The fourth-order valence-corrected chi connectivity index (χ4v) is 12.0. The van der Waals surface area contributed by atoms with Crippen molar-refractivity contribution in [3.63, 3.8) is 0 Å². The molecule has 1 N–H and O–H groups in total. The van der Waals surface area contributed by atoms with Crippen molar-refractivity contribution in [3.05, 3.63) is 147 Å². The van der Waals surface area contributed by atoms with Gasteiger partial charge in [0, 0.05) is 99.4 Å². The molecule has 13 rings (SSSR count). The number of tetrazole rings is 1. The van der Waals surface area contributed by atoms with E-state index in [1.807, 2.05) is 17.9 Å². The van der Waals surface area contributed by atoms with Crippen LogP contribution >= 0.6 is 0 Å². The van der Waals surface area contributed by atoms with Crippen LogP contribution < -0.4 is 10.6 Å². The highest BCUT2D eigenvalue weighted by Crippen LogP contribution is 2.65.